The summed E-state index contributed by atoms with van der Waals surface area (Å²) in [5.41, 5.74) is 0.386. The number of aliphatic imine (C=N–C) groups is 1. The summed E-state index contributed by atoms with van der Waals surface area (Å²) in [5.74, 6) is 0.956. The highest BCUT2D eigenvalue weighted by Crippen LogP contribution is 2.44. The molecule has 0 atom stereocenters. The van der Waals surface area contributed by atoms with Gasteiger partial charge in [-0.3, -0.25) is 4.99 Å². The summed E-state index contributed by atoms with van der Waals surface area (Å²) < 4.78 is 10.3. The van der Waals surface area contributed by atoms with E-state index in [-0.39, 0.29) is 0 Å². The predicted octanol–water partition coefficient (Wildman–Crippen LogP) is 2.57. The molecule has 0 unspecified atom stereocenters. The van der Waals surface area contributed by atoms with Crippen molar-refractivity contribution in [2.75, 3.05) is 47.1 Å². The van der Waals surface area contributed by atoms with E-state index in [1.54, 1.807) is 14.2 Å². The standard InChI is InChI=1S/C17H35N3O2/c1-4-18-16(19-12-6-5-7-13-21-2)20-15-17(9-8-10-17)11-14-22-3/h4-15H2,1-3H3,(H2,18,19,20). The fourth-order valence-electron chi connectivity index (χ4n) is 2.83. The molecular formula is C17H35N3O2. The van der Waals surface area contributed by atoms with Gasteiger partial charge in [0.2, 0.25) is 0 Å². The lowest BCUT2D eigenvalue weighted by molar-refractivity contribution is 0.0778. The van der Waals surface area contributed by atoms with Crippen molar-refractivity contribution in [2.45, 2.75) is 51.9 Å². The SMILES string of the molecule is CCNC(=NCC1(CCOC)CCC1)NCCCCCOC. The zero-order valence-corrected chi connectivity index (χ0v) is 14.7. The van der Waals surface area contributed by atoms with Crippen LogP contribution in [-0.4, -0.2) is 53.0 Å². The van der Waals surface area contributed by atoms with Crippen LogP contribution < -0.4 is 10.6 Å². The second-order valence-electron chi connectivity index (χ2n) is 6.27. The fraction of sp³-hybridized carbons (Fsp3) is 0.941. The first-order valence-corrected chi connectivity index (χ1v) is 8.76. The third kappa shape index (κ3) is 7.45. The molecular weight excluding hydrogens is 278 g/mol. The van der Waals surface area contributed by atoms with Crippen LogP contribution in [0.5, 0.6) is 0 Å². The Morgan fingerprint density at radius 3 is 2.41 bits per heavy atom. The van der Waals surface area contributed by atoms with Crippen molar-refractivity contribution in [1.82, 2.24) is 10.6 Å². The second-order valence-corrected chi connectivity index (χ2v) is 6.27. The van der Waals surface area contributed by atoms with Crippen LogP contribution in [0.4, 0.5) is 0 Å². The van der Waals surface area contributed by atoms with Gasteiger partial charge in [0.05, 0.1) is 0 Å². The second kappa shape index (κ2) is 11.7. The van der Waals surface area contributed by atoms with Gasteiger partial charge in [0.15, 0.2) is 5.96 Å². The van der Waals surface area contributed by atoms with Crippen molar-refractivity contribution < 1.29 is 9.47 Å². The van der Waals surface area contributed by atoms with Crippen molar-refractivity contribution >= 4 is 5.96 Å². The molecule has 5 heteroatoms. The Balaban J connectivity index is 2.31. The highest BCUT2D eigenvalue weighted by molar-refractivity contribution is 5.79. The zero-order chi connectivity index (χ0) is 16.1. The van der Waals surface area contributed by atoms with E-state index in [1.807, 2.05) is 0 Å². The number of nitrogens with one attached hydrogen (secondary N) is 2. The molecule has 0 amide bonds. The lowest BCUT2D eigenvalue weighted by Gasteiger charge is -2.40. The monoisotopic (exact) mass is 313 g/mol. The smallest absolute Gasteiger partial charge is 0.191 e. The van der Waals surface area contributed by atoms with Gasteiger partial charge < -0.3 is 20.1 Å². The molecule has 0 spiro atoms. The van der Waals surface area contributed by atoms with Gasteiger partial charge in [-0.05, 0) is 50.9 Å². The van der Waals surface area contributed by atoms with Gasteiger partial charge >= 0.3 is 0 Å². The largest absolute Gasteiger partial charge is 0.385 e. The number of methoxy groups -OCH3 is 2. The van der Waals surface area contributed by atoms with Crippen LogP contribution in [0, 0.1) is 5.41 Å². The number of rotatable bonds is 12. The van der Waals surface area contributed by atoms with E-state index in [0.717, 1.165) is 58.1 Å². The third-order valence-electron chi connectivity index (χ3n) is 4.49. The molecule has 5 nitrogen and oxygen atoms in total. The first-order chi connectivity index (χ1) is 10.8. The van der Waals surface area contributed by atoms with Crippen LogP contribution in [0.15, 0.2) is 4.99 Å². The number of unbranched alkanes of at least 4 members (excludes halogenated alkanes) is 2. The molecule has 22 heavy (non-hydrogen) atoms. The molecule has 0 radical (unpaired) electrons. The van der Waals surface area contributed by atoms with E-state index >= 15 is 0 Å². The summed E-state index contributed by atoms with van der Waals surface area (Å²) in [5, 5.41) is 6.79. The Hall–Kier alpha value is -0.810. The molecule has 0 saturated heterocycles. The number of guanidine groups is 1. The third-order valence-corrected chi connectivity index (χ3v) is 4.49. The van der Waals surface area contributed by atoms with E-state index in [2.05, 4.69) is 17.6 Å². The van der Waals surface area contributed by atoms with Crippen molar-refractivity contribution in [1.29, 1.82) is 0 Å². The van der Waals surface area contributed by atoms with Crippen molar-refractivity contribution in [3.05, 3.63) is 0 Å². The molecule has 1 aliphatic carbocycles. The Morgan fingerprint density at radius 2 is 1.82 bits per heavy atom. The molecule has 0 aromatic heterocycles. The van der Waals surface area contributed by atoms with Gasteiger partial charge in [0, 0.05) is 47.1 Å². The fourth-order valence-corrected chi connectivity index (χ4v) is 2.83. The molecule has 0 bridgehead atoms. The van der Waals surface area contributed by atoms with Gasteiger partial charge in [-0.25, -0.2) is 0 Å². The van der Waals surface area contributed by atoms with Crippen LogP contribution in [-0.2, 0) is 9.47 Å². The number of hydrogen-bond donors (Lipinski definition) is 2. The number of nitrogens with zero attached hydrogens (tertiary/aromatic N) is 1. The minimum Gasteiger partial charge on any atom is -0.385 e. The van der Waals surface area contributed by atoms with Crippen LogP contribution in [0.2, 0.25) is 0 Å². The minimum absolute atomic E-state index is 0.386. The molecule has 1 saturated carbocycles. The number of ether oxygens (including phenoxy) is 2. The summed E-state index contributed by atoms with van der Waals surface area (Å²) in [6.45, 7) is 6.60. The van der Waals surface area contributed by atoms with E-state index in [4.69, 9.17) is 14.5 Å². The molecule has 0 heterocycles. The normalized spacial score (nSPS) is 17.1. The molecule has 0 aromatic rings. The van der Waals surface area contributed by atoms with E-state index in [9.17, 15) is 0 Å². The van der Waals surface area contributed by atoms with Gasteiger partial charge in [0.1, 0.15) is 0 Å². The Kier molecular flexibility index (Phi) is 10.2. The maximum atomic E-state index is 5.25. The van der Waals surface area contributed by atoms with Gasteiger partial charge in [-0.1, -0.05) is 6.42 Å². The van der Waals surface area contributed by atoms with Crippen LogP contribution in [0.1, 0.15) is 51.9 Å². The number of hydrogen-bond acceptors (Lipinski definition) is 3. The lowest BCUT2D eigenvalue weighted by atomic mass is 9.67. The van der Waals surface area contributed by atoms with Crippen LogP contribution in [0.25, 0.3) is 0 Å². The average molecular weight is 313 g/mol. The Morgan fingerprint density at radius 1 is 1.05 bits per heavy atom. The van der Waals surface area contributed by atoms with Crippen LogP contribution >= 0.6 is 0 Å². The van der Waals surface area contributed by atoms with Crippen LogP contribution in [0.3, 0.4) is 0 Å². The molecule has 1 aliphatic rings. The van der Waals surface area contributed by atoms with E-state index in [1.165, 1.54) is 25.7 Å². The quantitative estimate of drug-likeness (QED) is 0.330. The molecule has 2 N–H and O–H groups in total. The summed E-state index contributed by atoms with van der Waals surface area (Å²) in [6, 6.07) is 0. The average Bonchev–Trinajstić information content (AvgIpc) is 2.49. The Bertz CT molecular complexity index is 304. The topological polar surface area (TPSA) is 54.9 Å². The maximum Gasteiger partial charge on any atom is 0.191 e. The molecule has 0 aromatic carbocycles. The highest BCUT2D eigenvalue weighted by atomic mass is 16.5. The summed E-state index contributed by atoms with van der Waals surface area (Å²) in [4.78, 5) is 4.81. The van der Waals surface area contributed by atoms with Crippen molar-refractivity contribution in [2.24, 2.45) is 10.4 Å². The zero-order valence-electron chi connectivity index (χ0n) is 14.7. The highest BCUT2D eigenvalue weighted by Gasteiger charge is 2.36. The maximum absolute atomic E-state index is 5.25. The first kappa shape index (κ1) is 19.2. The van der Waals surface area contributed by atoms with E-state index in [0.29, 0.717) is 5.41 Å². The lowest BCUT2D eigenvalue weighted by Crippen LogP contribution is -2.40. The van der Waals surface area contributed by atoms with Gasteiger partial charge in [-0.2, -0.15) is 0 Å². The van der Waals surface area contributed by atoms with Crippen molar-refractivity contribution in [3.8, 4) is 0 Å². The molecule has 130 valence electrons. The summed E-state index contributed by atoms with van der Waals surface area (Å²) >= 11 is 0. The first-order valence-electron chi connectivity index (χ1n) is 8.76. The summed E-state index contributed by atoms with van der Waals surface area (Å²) in [6.07, 6.45) is 8.52. The van der Waals surface area contributed by atoms with E-state index < -0.39 is 0 Å². The molecule has 1 fully saturated rings. The van der Waals surface area contributed by atoms with Gasteiger partial charge in [0.25, 0.3) is 0 Å². The Labute approximate surface area is 136 Å². The molecule has 0 aliphatic heterocycles. The molecule has 1 rings (SSSR count). The predicted molar refractivity (Wildman–Crippen MR) is 92.5 cm³/mol. The van der Waals surface area contributed by atoms with Crippen molar-refractivity contribution in [3.63, 3.8) is 0 Å². The minimum atomic E-state index is 0.386. The summed E-state index contributed by atoms with van der Waals surface area (Å²) in [7, 11) is 3.54. The van der Waals surface area contributed by atoms with Gasteiger partial charge in [-0.15, -0.1) is 0 Å².